The van der Waals surface area contributed by atoms with Crippen molar-refractivity contribution in [2.75, 3.05) is 6.54 Å². The zero-order chi connectivity index (χ0) is 21.7. The zero-order valence-corrected chi connectivity index (χ0v) is 19.4. The molecule has 1 aromatic heterocycles. The predicted molar refractivity (Wildman–Crippen MR) is 124 cm³/mol. The van der Waals surface area contributed by atoms with Crippen molar-refractivity contribution in [3.63, 3.8) is 0 Å². The van der Waals surface area contributed by atoms with Crippen LogP contribution in [0.3, 0.4) is 0 Å². The first-order valence-corrected chi connectivity index (χ1v) is 12.5. The number of nitrogens with one attached hydrogen (secondary N) is 1. The van der Waals surface area contributed by atoms with E-state index in [1.165, 1.54) is 77.0 Å². The molecule has 30 heavy (non-hydrogen) atoms. The van der Waals surface area contributed by atoms with Crippen LogP contribution in [0.5, 0.6) is 0 Å². The minimum Gasteiger partial charge on any atom is -0.349 e. The first-order chi connectivity index (χ1) is 14.7. The summed E-state index contributed by atoms with van der Waals surface area (Å²) < 4.78 is 2.07. The molecule has 1 rings (SSSR count). The van der Waals surface area contributed by atoms with E-state index in [0.29, 0.717) is 13.0 Å². The van der Waals surface area contributed by atoms with E-state index in [4.69, 9.17) is 0 Å². The molecule has 0 saturated heterocycles. The number of ketones is 1. The van der Waals surface area contributed by atoms with Crippen molar-refractivity contribution < 1.29 is 14.2 Å². The molecule has 0 atom stereocenters. The van der Waals surface area contributed by atoms with Gasteiger partial charge in [-0.3, -0.25) is 9.59 Å². The number of aryl methyl sites for hydroxylation is 1. The van der Waals surface area contributed by atoms with Gasteiger partial charge in [0.25, 0.3) is 5.91 Å². The standard InChI is InChI=1S/C26H44N2O2/c1-2-3-4-5-6-7-8-9-10-11-12-13-14-16-20-25(29)26(30)27-21-19-24-28-22-17-15-18-23-28/h15,17-18,22-23H,2-14,16,19-21,24H2,1H3/p+1. The van der Waals surface area contributed by atoms with Gasteiger partial charge in [-0.25, -0.2) is 4.57 Å². The smallest absolute Gasteiger partial charge is 0.287 e. The maximum Gasteiger partial charge on any atom is 0.287 e. The Morgan fingerprint density at radius 1 is 0.667 bits per heavy atom. The second-order valence-corrected chi connectivity index (χ2v) is 8.49. The maximum absolute atomic E-state index is 11.9. The number of nitrogens with zero attached hydrogens (tertiary/aromatic N) is 1. The van der Waals surface area contributed by atoms with Crippen molar-refractivity contribution in [1.82, 2.24) is 5.32 Å². The lowest BCUT2D eigenvalue weighted by Crippen LogP contribution is -2.36. The van der Waals surface area contributed by atoms with E-state index in [2.05, 4.69) is 16.8 Å². The molecule has 0 aliphatic carbocycles. The first-order valence-electron chi connectivity index (χ1n) is 12.5. The van der Waals surface area contributed by atoms with Gasteiger partial charge in [0.05, 0.1) is 0 Å². The molecule has 0 unspecified atom stereocenters. The van der Waals surface area contributed by atoms with Crippen LogP contribution in [-0.4, -0.2) is 18.2 Å². The molecule has 0 spiro atoms. The summed E-state index contributed by atoms with van der Waals surface area (Å²) in [5.74, 6) is -0.677. The lowest BCUT2D eigenvalue weighted by atomic mass is 10.0. The number of rotatable bonds is 20. The Labute approximate surface area is 184 Å². The predicted octanol–water partition coefficient (Wildman–Crippen LogP) is 5.92. The number of amides is 1. The van der Waals surface area contributed by atoms with E-state index in [1.807, 2.05) is 30.6 Å². The molecule has 0 bridgehead atoms. The number of pyridine rings is 1. The monoisotopic (exact) mass is 417 g/mol. The van der Waals surface area contributed by atoms with Crippen LogP contribution < -0.4 is 9.88 Å². The Morgan fingerprint density at radius 3 is 1.70 bits per heavy atom. The van der Waals surface area contributed by atoms with Crippen LogP contribution in [0.15, 0.2) is 30.6 Å². The van der Waals surface area contributed by atoms with Crippen LogP contribution in [0.4, 0.5) is 0 Å². The van der Waals surface area contributed by atoms with Crippen molar-refractivity contribution in [3.8, 4) is 0 Å². The first kappa shape index (κ1) is 26.3. The van der Waals surface area contributed by atoms with Crippen LogP contribution >= 0.6 is 0 Å². The highest BCUT2D eigenvalue weighted by Crippen LogP contribution is 2.13. The number of unbranched alkanes of at least 4 members (excludes halogenated alkanes) is 13. The second-order valence-electron chi connectivity index (χ2n) is 8.49. The Morgan fingerprint density at radius 2 is 1.17 bits per heavy atom. The van der Waals surface area contributed by atoms with Gasteiger partial charge in [-0.15, -0.1) is 0 Å². The Hall–Kier alpha value is -1.71. The molecule has 1 amide bonds. The van der Waals surface area contributed by atoms with Gasteiger partial charge >= 0.3 is 0 Å². The molecule has 4 heteroatoms. The molecule has 4 nitrogen and oxygen atoms in total. The number of hydrogen-bond donors (Lipinski definition) is 1. The second kappa shape index (κ2) is 19.3. The van der Waals surface area contributed by atoms with Gasteiger partial charge in [-0.05, 0) is 6.42 Å². The van der Waals surface area contributed by atoms with E-state index in [1.54, 1.807) is 0 Å². The number of Topliss-reactive ketones (excluding diaryl/α,β-unsaturated/α-hetero) is 1. The lowest BCUT2D eigenvalue weighted by Gasteiger charge is -2.04. The van der Waals surface area contributed by atoms with Crippen LogP contribution in [0.2, 0.25) is 0 Å². The quantitative estimate of drug-likeness (QED) is 0.163. The van der Waals surface area contributed by atoms with Gasteiger partial charge in [0.1, 0.15) is 6.54 Å². The van der Waals surface area contributed by atoms with Gasteiger partial charge in [0.15, 0.2) is 12.4 Å². The summed E-state index contributed by atoms with van der Waals surface area (Å²) in [5, 5.41) is 2.75. The fourth-order valence-corrected chi connectivity index (χ4v) is 3.74. The maximum atomic E-state index is 11.9. The molecular formula is C26H45N2O2+. The van der Waals surface area contributed by atoms with Crippen molar-refractivity contribution >= 4 is 11.7 Å². The minimum absolute atomic E-state index is 0.263. The van der Waals surface area contributed by atoms with Crippen LogP contribution in [0, 0.1) is 0 Å². The lowest BCUT2D eigenvalue weighted by molar-refractivity contribution is -0.697. The van der Waals surface area contributed by atoms with E-state index in [0.717, 1.165) is 25.8 Å². The van der Waals surface area contributed by atoms with Crippen molar-refractivity contribution in [3.05, 3.63) is 30.6 Å². The molecule has 0 aromatic carbocycles. The summed E-state index contributed by atoms with van der Waals surface area (Å²) in [5.41, 5.74) is 0. The van der Waals surface area contributed by atoms with Crippen molar-refractivity contribution in [1.29, 1.82) is 0 Å². The molecular weight excluding hydrogens is 372 g/mol. The number of hydrogen-bond acceptors (Lipinski definition) is 2. The summed E-state index contributed by atoms with van der Waals surface area (Å²) in [4.78, 5) is 23.8. The van der Waals surface area contributed by atoms with Crippen LogP contribution in [0.25, 0.3) is 0 Å². The largest absolute Gasteiger partial charge is 0.349 e. The number of carbonyl (C=O) groups is 2. The average molecular weight is 418 g/mol. The summed E-state index contributed by atoms with van der Waals surface area (Å²) in [6.07, 6.45) is 23.3. The van der Waals surface area contributed by atoms with Gasteiger partial charge in [0.2, 0.25) is 5.78 Å². The number of aromatic nitrogens is 1. The number of carbonyl (C=O) groups excluding carboxylic acids is 2. The van der Waals surface area contributed by atoms with Gasteiger partial charge in [-0.1, -0.05) is 96.5 Å². The fourth-order valence-electron chi connectivity index (χ4n) is 3.74. The zero-order valence-electron chi connectivity index (χ0n) is 19.4. The van der Waals surface area contributed by atoms with Gasteiger partial charge in [-0.2, -0.15) is 0 Å². The Balaban J connectivity index is 1.84. The Kier molecular flexibility index (Phi) is 16.9. The molecule has 1 aromatic rings. The molecule has 170 valence electrons. The van der Waals surface area contributed by atoms with Crippen molar-refractivity contribution in [2.24, 2.45) is 0 Å². The third-order valence-electron chi connectivity index (χ3n) is 5.67. The highest BCUT2D eigenvalue weighted by atomic mass is 16.2. The van der Waals surface area contributed by atoms with E-state index >= 15 is 0 Å². The highest BCUT2D eigenvalue weighted by Gasteiger charge is 2.12. The van der Waals surface area contributed by atoms with Gasteiger partial charge < -0.3 is 5.32 Å². The van der Waals surface area contributed by atoms with E-state index in [9.17, 15) is 9.59 Å². The normalized spacial score (nSPS) is 10.8. The summed E-state index contributed by atoms with van der Waals surface area (Å²) in [6.45, 7) is 3.66. The molecule has 0 radical (unpaired) electrons. The SMILES string of the molecule is CCCCCCCCCCCCCCCCC(=O)C(=O)NCCC[n+]1ccccc1. The van der Waals surface area contributed by atoms with Crippen LogP contribution in [0.1, 0.15) is 110 Å². The summed E-state index contributed by atoms with van der Waals surface area (Å²) in [7, 11) is 0. The van der Waals surface area contributed by atoms with E-state index < -0.39 is 5.91 Å². The summed E-state index contributed by atoms with van der Waals surface area (Å²) in [6, 6.07) is 5.95. The molecule has 0 aliphatic rings. The minimum atomic E-state index is -0.414. The van der Waals surface area contributed by atoms with E-state index in [-0.39, 0.29) is 5.78 Å². The fraction of sp³-hybridized carbons (Fsp3) is 0.731. The molecule has 0 aliphatic heterocycles. The Bertz CT molecular complexity index is 545. The molecule has 0 fully saturated rings. The van der Waals surface area contributed by atoms with Gasteiger partial charge in [0, 0.05) is 31.5 Å². The average Bonchev–Trinajstić information content (AvgIpc) is 2.77. The molecule has 1 heterocycles. The highest BCUT2D eigenvalue weighted by molar-refractivity contribution is 6.36. The summed E-state index contributed by atoms with van der Waals surface area (Å²) >= 11 is 0. The third kappa shape index (κ3) is 15.2. The van der Waals surface area contributed by atoms with Crippen LogP contribution in [-0.2, 0) is 16.1 Å². The molecule has 0 saturated carbocycles. The van der Waals surface area contributed by atoms with Crippen molar-refractivity contribution in [2.45, 2.75) is 116 Å². The molecule has 1 N–H and O–H groups in total. The third-order valence-corrected chi connectivity index (χ3v) is 5.67. The topological polar surface area (TPSA) is 50.1 Å².